The van der Waals surface area contributed by atoms with E-state index in [1.807, 2.05) is 6.07 Å². The highest BCUT2D eigenvalue weighted by molar-refractivity contribution is 9.10. The van der Waals surface area contributed by atoms with Crippen LogP contribution in [0.3, 0.4) is 0 Å². The molecule has 0 aliphatic carbocycles. The molecule has 0 fully saturated rings. The van der Waals surface area contributed by atoms with Gasteiger partial charge in [0.25, 0.3) is 0 Å². The van der Waals surface area contributed by atoms with Crippen LogP contribution in [0.4, 0.5) is 4.39 Å². The van der Waals surface area contributed by atoms with Crippen LogP contribution in [0.15, 0.2) is 40.2 Å². The van der Waals surface area contributed by atoms with Crippen LogP contribution in [-0.2, 0) is 6.54 Å². The molecule has 1 aromatic heterocycles. The molecule has 1 N–H and O–H groups in total. The van der Waals surface area contributed by atoms with Gasteiger partial charge in [0.1, 0.15) is 5.82 Å². The van der Waals surface area contributed by atoms with Crippen LogP contribution in [0, 0.1) is 5.82 Å². The molecule has 4 heteroatoms. The average molecular weight is 328 g/mol. The van der Waals surface area contributed by atoms with E-state index in [2.05, 4.69) is 45.7 Å². The summed E-state index contributed by atoms with van der Waals surface area (Å²) in [5, 5.41) is 5.55. The first kappa shape index (κ1) is 13.7. The van der Waals surface area contributed by atoms with Gasteiger partial charge in [0.15, 0.2) is 0 Å². The van der Waals surface area contributed by atoms with Crippen LogP contribution in [0.25, 0.3) is 0 Å². The standard InChI is InChI=1S/C14H15BrFNS/c1-2-13(14-4-3-7-18-14)17-9-10-5-6-11(15)12(16)8-10/h3-8,13,17H,2,9H2,1H3. The SMILES string of the molecule is CCC(NCc1ccc(Br)c(F)c1)c1cccs1. The fourth-order valence-corrected chi connectivity index (χ4v) is 2.96. The minimum atomic E-state index is -0.210. The monoisotopic (exact) mass is 327 g/mol. The maximum atomic E-state index is 13.4. The van der Waals surface area contributed by atoms with Crippen molar-refractivity contribution in [3.05, 3.63) is 56.4 Å². The summed E-state index contributed by atoms with van der Waals surface area (Å²) in [6.45, 7) is 2.83. The van der Waals surface area contributed by atoms with Gasteiger partial charge in [0.05, 0.1) is 4.47 Å². The van der Waals surface area contributed by atoms with Gasteiger partial charge in [-0.15, -0.1) is 11.3 Å². The number of hydrogen-bond donors (Lipinski definition) is 1. The Morgan fingerprint density at radius 1 is 1.39 bits per heavy atom. The van der Waals surface area contributed by atoms with Gasteiger partial charge in [0.2, 0.25) is 0 Å². The van der Waals surface area contributed by atoms with Crippen molar-refractivity contribution in [1.82, 2.24) is 5.32 Å². The summed E-state index contributed by atoms with van der Waals surface area (Å²) in [6, 6.07) is 9.78. The molecular weight excluding hydrogens is 313 g/mol. The van der Waals surface area contributed by atoms with E-state index in [4.69, 9.17) is 0 Å². The predicted octanol–water partition coefficient (Wildman–Crippen LogP) is 4.89. The summed E-state index contributed by atoms with van der Waals surface area (Å²) in [5.74, 6) is -0.210. The summed E-state index contributed by atoms with van der Waals surface area (Å²) in [6.07, 6.45) is 1.03. The van der Waals surface area contributed by atoms with Crippen molar-refractivity contribution in [2.75, 3.05) is 0 Å². The molecule has 0 saturated carbocycles. The Morgan fingerprint density at radius 2 is 2.22 bits per heavy atom. The van der Waals surface area contributed by atoms with Gasteiger partial charge >= 0.3 is 0 Å². The normalized spacial score (nSPS) is 12.6. The van der Waals surface area contributed by atoms with E-state index in [0.29, 0.717) is 17.1 Å². The third-order valence-corrected chi connectivity index (χ3v) is 4.46. The van der Waals surface area contributed by atoms with Crippen LogP contribution in [0.2, 0.25) is 0 Å². The quantitative estimate of drug-likeness (QED) is 0.824. The molecule has 0 aliphatic heterocycles. The second-order valence-electron chi connectivity index (χ2n) is 4.11. The smallest absolute Gasteiger partial charge is 0.137 e. The van der Waals surface area contributed by atoms with E-state index in [-0.39, 0.29) is 5.82 Å². The molecule has 1 atom stereocenters. The fraction of sp³-hybridized carbons (Fsp3) is 0.286. The highest BCUT2D eigenvalue weighted by atomic mass is 79.9. The molecule has 0 amide bonds. The zero-order valence-electron chi connectivity index (χ0n) is 10.1. The van der Waals surface area contributed by atoms with Gasteiger partial charge in [-0.25, -0.2) is 4.39 Å². The molecule has 2 aromatic rings. The Hall–Kier alpha value is -0.710. The molecule has 1 aromatic carbocycles. The number of rotatable bonds is 5. The number of hydrogen-bond acceptors (Lipinski definition) is 2. The molecule has 0 radical (unpaired) electrons. The number of benzene rings is 1. The average Bonchev–Trinajstić information content (AvgIpc) is 2.88. The van der Waals surface area contributed by atoms with E-state index in [1.54, 1.807) is 23.5 Å². The van der Waals surface area contributed by atoms with Crippen LogP contribution >= 0.6 is 27.3 Å². The summed E-state index contributed by atoms with van der Waals surface area (Å²) in [4.78, 5) is 1.33. The third kappa shape index (κ3) is 3.40. The maximum absolute atomic E-state index is 13.4. The second kappa shape index (κ2) is 6.45. The number of thiophene rings is 1. The molecule has 1 heterocycles. The van der Waals surface area contributed by atoms with Crippen molar-refractivity contribution in [3.8, 4) is 0 Å². The van der Waals surface area contributed by atoms with E-state index in [1.165, 1.54) is 4.88 Å². The van der Waals surface area contributed by atoms with Crippen molar-refractivity contribution in [1.29, 1.82) is 0 Å². The molecule has 1 nitrogen and oxygen atoms in total. The molecule has 0 bridgehead atoms. The summed E-state index contributed by atoms with van der Waals surface area (Å²) in [7, 11) is 0. The van der Waals surface area contributed by atoms with E-state index in [9.17, 15) is 4.39 Å². The summed E-state index contributed by atoms with van der Waals surface area (Å²) in [5.41, 5.74) is 0.964. The van der Waals surface area contributed by atoms with Crippen LogP contribution in [-0.4, -0.2) is 0 Å². The Bertz CT molecular complexity index is 499. The molecule has 0 aliphatic rings. The van der Waals surface area contributed by atoms with Crippen LogP contribution in [0.1, 0.15) is 29.8 Å². The topological polar surface area (TPSA) is 12.0 Å². The van der Waals surface area contributed by atoms with Gasteiger partial charge in [0, 0.05) is 17.5 Å². The van der Waals surface area contributed by atoms with E-state index in [0.717, 1.165) is 12.0 Å². The molecule has 18 heavy (non-hydrogen) atoms. The largest absolute Gasteiger partial charge is 0.305 e. The number of nitrogens with one attached hydrogen (secondary N) is 1. The fourth-order valence-electron chi connectivity index (χ4n) is 1.83. The second-order valence-corrected chi connectivity index (χ2v) is 5.94. The molecule has 0 saturated heterocycles. The van der Waals surface area contributed by atoms with E-state index >= 15 is 0 Å². The first-order valence-corrected chi connectivity index (χ1v) is 7.58. The maximum Gasteiger partial charge on any atom is 0.137 e. The van der Waals surface area contributed by atoms with Gasteiger partial charge in [-0.3, -0.25) is 0 Å². The molecule has 2 rings (SSSR count). The first-order chi connectivity index (χ1) is 8.70. The van der Waals surface area contributed by atoms with E-state index < -0.39 is 0 Å². The minimum Gasteiger partial charge on any atom is -0.305 e. The first-order valence-electron chi connectivity index (χ1n) is 5.91. The lowest BCUT2D eigenvalue weighted by Crippen LogP contribution is -2.19. The molecular formula is C14H15BrFNS. The third-order valence-electron chi connectivity index (χ3n) is 2.83. The minimum absolute atomic E-state index is 0.210. The lowest BCUT2D eigenvalue weighted by molar-refractivity contribution is 0.524. The van der Waals surface area contributed by atoms with Crippen molar-refractivity contribution in [2.24, 2.45) is 0 Å². The zero-order valence-corrected chi connectivity index (χ0v) is 12.5. The van der Waals surface area contributed by atoms with Crippen molar-refractivity contribution >= 4 is 27.3 Å². The van der Waals surface area contributed by atoms with Crippen LogP contribution < -0.4 is 5.32 Å². The zero-order chi connectivity index (χ0) is 13.0. The Labute approximate surface area is 119 Å². The Balaban J connectivity index is 1.99. The predicted molar refractivity (Wildman–Crippen MR) is 78.3 cm³/mol. The van der Waals surface area contributed by atoms with Gasteiger partial charge in [-0.1, -0.05) is 19.1 Å². The van der Waals surface area contributed by atoms with Crippen molar-refractivity contribution < 1.29 is 4.39 Å². The van der Waals surface area contributed by atoms with Gasteiger partial charge in [-0.2, -0.15) is 0 Å². The number of halogens is 2. The van der Waals surface area contributed by atoms with Crippen molar-refractivity contribution in [2.45, 2.75) is 25.9 Å². The highest BCUT2D eigenvalue weighted by Gasteiger charge is 2.09. The molecule has 0 spiro atoms. The molecule has 96 valence electrons. The van der Waals surface area contributed by atoms with Gasteiger partial charge < -0.3 is 5.32 Å². The van der Waals surface area contributed by atoms with Gasteiger partial charge in [-0.05, 0) is 51.5 Å². The molecule has 1 unspecified atom stereocenters. The summed E-state index contributed by atoms with van der Waals surface area (Å²) >= 11 is 4.91. The Morgan fingerprint density at radius 3 is 2.83 bits per heavy atom. The van der Waals surface area contributed by atoms with Crippen LogP contribution in [0.5, 0.6) is 0 Å². The Kier molecular flexibility index (Phi) is 4.92. The highest BCUT2D eigenvalue weighted by Crippen LogP contribution is 2.22. The summed E-state index contributed by atoms with van der Waals surface area (Å²) < 4.78 is 13.9. The lowest BCUT2D eigenvalue weighted by atomic mass is 10.1. The lowest BCUT2D eigenvalue weighted by Gasteiger charge is -2.15. The van der Waals surface area contributed by atoms with Crippen molar-refractivity contribution in [3.63, 3.8) is 0 Å².